The number of aliphatic hydroxyl groups is 2. The number of urea groups is 1. The van der Waals surface area contributed by atoms with Gasteiger partial charge < -0.3 is 20.3 Å². The van der Waals surface area contributed by atoms with E-state index in [0.717, 1.165) is 11.1 Å². The number of ether oxygens (including phenoxy) is 1. The SMILES string of the molecule is CNC(=O)N(/C=C(/Cl)C=O)C1CC(O)C(CO)O1. The molecule has 0 aromatic rings. The zero-order chi connectivity index (χ0) is 13.7. The van der Waals surface area contributed by atoms with E-state index in [4.69, 9.17) is 21.4 Å². The number of aldehydes is 1. The van der Waals surface area contributed by atoms with Gasteiger partial charge >= 0.3 is 6.03 Å². The highest BCUT2D eigenvalue weighted by atomic mass is 35.5. The summed E-state index contributed by atoms with van der Waals surface area (Å²) in [6, 6.07) is -0.536. The molecule has 1 saturated heterocycles. The van der Waals surface area contributed by atoms with E-state index in [2.05, 4.69) is 5.32 Å². The van der Waals surface area contributed by atoms with Crippen LogP contribution in [0.25, 0.3) is 0 Å². The highest BCUT2D eigenvalue weighted by molar-refractivity contribution is 6.38. The monoisotopic (exact) mass is 278 g/mol. The summed E-state index contributed by atoms with van der Waals surface area (Å²) in [5.74, 6) is 0. The van der Waals surface area contributed by atoms with Crippen LogP contribution in [0.2, 0.25) is 0 Å². The van der Waals surface area contributed by atoms with E-state index in [1.165, 1.54) is 7.05 Å². The summed E-state index contributed by atoms with van der Waals surface area (Å²) in [6.45, 7) is -0.357. The standard InChI is InChI=1S/C10H15ClN2O5/c1-12-10(17)13(3-6(11)4-14)9-2-7(16)8(5-15)18-9/h3-4,7-9,15-16H,2,5H2,1H3,(H,12,17)/b6-3+. The second-order valence-electron chi connectivity index (χ2n) is 3.71. The number of rotatable bonds is 4. The van der Waals surface area contributed by atoms with Gasteiger partial charge in [-0.25, -0.2) is 4.79 Å². The minimum atomic E-state index is -0.879. The van der Waals surface area contributed by atoms with E-state index in [1.807, 2.05) is 0 Å². The maximum atomic E-state index is 11.6. The van der Waals surface area contributed by atoms with Crippen LogP contribution in [0.3, 0.4) is 0 Å². The minimum Gasteiger partial charge on any atom is -0.394 e. The molecule has 0 aromatic heterocycles. The first-order valence-electron chi connectivity index (χ1n) is 5.30. The Morgan fingerprint density at radius 1 is 1.67 bits per heavy atom. The smallest absolute Gasteiger partial charge is 0.323 e. The van der Waals surface area contributed by atoms with Crippen LogP contribution in [-0.2, 0) is 9.53 Å². The average molecular weight is 279 g/mol. The molecule has 2 amide bonds. The third-order valence-electron chi connectivity index (χ3n) is 2.52. The molecule has 3 atom stereocenters. The summed E-state index contributed by atoms with van der Waals surface area (Å²) in [5, 5.41) is 20.7. The molecule has 0 aliphatic carbocycles. The summed E-state index contributed by atoms with van der Waals surface area (Å²) in [7, 11) is 1.41. The Labute approximate surface area is 109 Å². The van der Waals surface area contributed by atoms with E-state index in [1.54, 1.807) is 0 Å². The molecule has 3 N–H and O–H groups in total. The van der Waals surface area contributed by atoms with Crippen LogP contribution >= 0.6 is 11.6 Å². The summed E-state index contributed by atoms with van der Waals surface area (Å²) in [5.41, 5.74) is 0. The molecular weight excluding hydrogens is 264 g/mol. The second-order valence-corrected chi connectivity index (χ2v) is 4.15. The van der Waals surface area contributed by atoms with E-state index >= 15 is 0 Å². The Kier molecular flexibility index (Phi) is 5.54. The van der Waals surface area contributed by atoms with Crippen molar-refractivity contribution >= 4 is 23.9 Å². The lowest BCUT2D eigenvalue weighted by Gasteiger charge is -2.24. The molecule has 0 spiro atoms. The highest BCUT2D eigenvalue weighted by Crippen LogP contribution is 2.24. The van der Waals surface area contributed by atoms with Crippen LogP contribution in [0.5, 0.6) is 0 Å². The van der Waals surface area contributed by atoms with Crippen molar-refractivity contribution in [2.75, 3.05) is 13.7 Å². The molecule has 18 heavy (non-hydrogen) atoms. The quantitative estimate of drug-likeness (QED) is 0.470. The maximum absolute atomic E-state index is 11.6. The number of allylic oxidation sites excluding steroid dienone is 1. The fourth-order valence-corrected chi connectivity index (χ4v) is 1.72. The van der Waals surface area contributed by atoms with Crippen molar-refractivity contribution in [1.82, 2.24) is 10.2 Å². The first kappa shape index (κ1) is 14.9. The van der Waals surface area contributed by atoms with Crippen molar-refractivity contribution in [3.8, 4) is 0 Å². The molecule has 1 fully saturated rings. The summed E-state index contributed by atoms with van der Waals surface area (Å²) >= 11 is 5.55. The number of amides is 2. The Bertz CT molecular complexity index is 349. The fraction of sp³-hybridized carbons (Fsp3) is 0.600. The van der Waals surface area contributed by atoms with Gasteiger partial charge in [0.1, 0.15) is 12.3 Å². The van der Waals surface area contributed by atoms with Crippen molar-refractivity contribution < 1.29 is 24.5 Å². The Morgan fingerprint density at radius 3 is 2.78 bits per heavy atom. The number of carbonyl (C=O) groups is 2. The highest BCUT2D eigenvalue weighted by Gasteiger charge is 2.38. The Morgan fingerprint density at radius 2 is 2.33 bits per heavy atom. The van der Waals surface area contributed by atoms with Crippen LogP contribution < -0.4 is 5.32 Å². The van der Waals surface area contributed by atoms with Gasteiger partial charge in [0.05, 0.1) is 17.7 Å². The van der Waals surface area contributed by atoms with Crippen molar-refractivity contribution in [3.05, 3.63) is 11.2 Å². The normalized spacial score (nSPS) is 28.0. The number of aliphatic hydroxyl groups excluding tert-OH is 2. The fourth-order valence-electron chi connectivity index (χ4n) is 1.62. The number of hydrogen-bond acceptors (Lipinski definition) is 5. The predicted molar refractivity (Wildman–Crippen MR) is 62.7 cm³/mol. The molecule has 1 heterocycles. The van der Waals surface area contributed by atoms with E-state index in [0.29, 0.717) is 6.29 Å². The molecule has 0 bridgehead atoms. The van der Waals surface area contributed by atoms with Gasteiger partial charge in [-0.3, -0.25) is 9.69 Å². The van der Waals surface area contributed by atoms with Gasteiger partial charge in [-0.1, -0.05) is 11.6 Å². The molecule has 102 valence electrons. The van der Waals surface area contributed by atoms with Crippen molar-refractivity contribution in [3.63, 3.8) is 0 Å². The maximum Gasteiger partial charge on any atom is 0.323 e. The van der Waals surface area contributed by atoms with Gasteiger partial charge in [0.25, 0.3) is 0 Å². The predicted octanol–water partition coefficient (Wildman–Crippen LogP) is -0.625. The molecule has 0 saturated carbocycles. The molecular formula is C10H15ClN2O5. The molecule has 0 radical (unpaired) electrons. The Balaban J connectivity index is 2.85. The van der Waals surface area contributed by atoms with Gasteiger partial charge in [0, 0.05) is 19.7 Å². The van der Waals surface area contributed by atoms with Gasteiger partial charge in [-0.2, -0.15) is 0 Å². The van der Waals surface area contributed by atoms with E-state index in [-0.39, 0.29) is 18.1 Å². The van der Waals surface area contributed by atoms with Crippen LogP contribution in [-0.4, -0.2) is 59.5 Å². The zero-order valence-electron chi connectivity index (χ0n) is 9.75. The third kappa shape index (κ3) is 3.42. The molecule has 0 aromatic carbocycles. The largest absolute Gasteiger partial charge is 0.394 e. The number of halogens is 1. The number of nitrogens with zero attached hydrogens (tertiary/aromatic N) is 1. The molecule has 1 aliphatic heterocycles. The number of nitrogens with one attached hydrogen (secondary N) is 1. The van der Waals surface area contributed by atoms with Gasteiger partial charge in [-0.15, -0.1) is 0 Å². The average Bonchev–Trinajstić information content (AvgIpc) is 2.75. The minimum absolute atomic E-state index is 0.123. The second kappa shape index (κ2) is 6.69. The van der Waals surface area contributed by atoms with Crippen LogP contribution in [0.1, 0.15) is 6.42 Å². The van der Waals surface area contributed by atoms with Gasteiger partial charge in [-0.05, 0) is 0 Å². The first-order chi connectivity index (χ1) is 8.53. The van der Waals surface area contributed by atoms with Gasteiger partial charge in [0.2, 0.25) is 0 Å². The summed E-state index contributed by atoms with van der Waals surface area (Å²) in [6.07, 6.45) is -0.804. The van der Waals surface area contributed by atoms with Crippen LogP contribution in [0.15, 0.2) is 11.2 Å². The van der Waals surface area contributed by atoms with Crippen LogP contribution in [0.4, 0.5) is 4.79 Å². The lowest BCUT2D eigenvalue weighted by molar-refractivity contribution is -0.104. The lowest BCUT2D eigenvalue weighted by Crippen LogP contribution is -2.42. The Hall–Kier alpha value is -1.15. The van der Waals surface area contributed by atoms with Crippen LogP contribution in [0, 0.1) is 0 Å². The molecule has 1 aliphatic rings. The topological polar surface area (TPSA) is 99.1 Å². The van der Waals surface area contributed by atoms with E-state index < -0.39 is 24.5 Å². The van der Waals surface area contributed by atoms with Crippen molar-refractivity contribution in [2.24, 2.45) is 0 Å². The zero-order valence-corrected chi connectivity index (χ0v) is 10.5. The molecule has 1 rings (SSSR count). The summed E-state index contributed by atoms with van der Waals surface area (Å²) in [4.78, 5) is 23.2. The molecule has 8 heteroatoms. The first-order valence-corrected chi connectivity index (χ1v) is 5.68. The third-order valence-corrected chi connectivity index (χ3v) is 2.70. The van der Waals surface area contributed by atoms with Crippen molar-refractivity contribution in [1.29, 1.82) is 0 Å². The van der Waals surface area contributed by atoms with Gasteiger partial charge in [0.15, 0.2) is 6.29 Å². The summed E-state index contributed by atoms with van der Waals surface area (Å²) < 4.78 is 5.30. The molecule has 3 unspecified atom stereocenters. The lowest BCUT2D eigenvalue weighted by atomic mass is 10.2. The molecule has 7 nitrogen and oxygen atoms in total. The van der Waals surface area contributed by atoms with Crippen molar-refractivity contribution in [2.45, 2.75) is 24.9 Å². The van der Waals surface area contributed by atoms with E-state index in [9.17, 15) is 14.7 Å². The number of hydrogen-bond donors (Lipinski definition) is 3. The number of carbonyl (C=O) groups excluding carboxylic acids is 2.